The summed E-state index contributed by atoms with van der Waals surface area (Å²) in [7, 11) is -3.53. The maximum Gasteiger partial charge on any atom is 0.256 e. The second kappa shape index (κ2) is 8.49. The maximum absolute atomic E-state index is 12.4. The number of benzene rings is 1. The van der Waals surface area contributed by atoms with Crippen molar-refractivity contribution in [2.45, 2.75) is 31.1 Å². The van der Waals surface area contributed by atoms with E-state index in [1.165, 1.54) is 43.5 Å². The van der Waals surface area contributed by atoms with Gasteiger partial charge in [-0.15, -0.1) is 0 Å². The summed E-state index contributed by atoms with van der Waals surface area (Å²) < 4.78 is 26.3. The number of aromatic nitrogens is 1. The van der Waals surface area contributed by atoms with Crippen LogP contribution in [-0.4, -0.2) is 38.9 Å². The number of carbonyl (C=O) groups is 1. The number of hydrogen-bond acceptors (Lipinski definition) is 5. The molecule has 0 radical (unpaired) electrons. The van der Waals surface area contributed by atoms with Gasteiger partial charge in [-0.3, -0.25) is 4.79 Å². The van der Waals surface area contributed by atoms with Crippen molar-refractivity contribution < 1.29 is 13.2 Å². The topological polar surface area (TPSA) is 91.4 Å². The number of piperidine rings is 1. The summed E-state index contributed by atoms with van der Waals surface area (Å²) in [6.07, 6.45) is 5.43. The van der Waals surface area contributed by atoms with Crippen LogP contribution in [0, 0.1) is 0 Å². The molecule has 8 heteroatoms. The van der Waals surface area contributed by atoms with Crippen molar-refractivity contribution in [2.24, 2.45) is 0 Å². The number of rotatable bonds is 6. The van der Waals surface area contributed by atoms with Gasteiger partial charge in [-0.25, -0.2) is 18.1 Å². The van der Waals surface area contributed by atoms with Crippen LogP contribution in [0.25, 0.3) is 0 Å². The predicted molar refractivity (Wildman–Crippen MR) is 106 cm³/mol. The summed E-state index contributed by atoms with van der Waals surface area (Å²) in [5.41, 5.74) is 1.43. The highest BCUT2D eigenvalue weighted by molar-refractivity contribution is 7.89. The average Bonchev–Trinajstić information content (AvgIpc) is 2.69. The third kappa shape index (κ3) is 4.84. The van der Waals surface area contributed by atoms with Crippen molar-refractivity contribution in [2.75, 3.05) is 29.9 Å². The molecule has 1 amide bonds. The quantitative estimate of drug-likeness (QED) is 0.794. The Labute approximate surface area is 159 Å². The largest absolute Gasteiger partial charge is 0.370 e. The van der Waals surface area contributed by atoms with Crippen molar-refractivity contribution in [1.29, 1.82) is 0 Å². The Morgan fingerprint density at radius 1 is 1.07 bits per heavy atom. The van der Waals surface area contributed by atoms with Gasteiger partial charge in [0.15, 0.2) is 0 Å². The fraction of sp³-hybridized carbons (Fsp3) is 0.368. The zero-order valence-electron chi connectivity index (χ0n) is 15.3. The number of hydrogen-bond donors (Lipinski definition) is 2. The van der Waals surface area contributed by atoms with Crippen LogP contribution in [0.5, 0.6) is 0 Å². The Bertz CT molecular complexity index is 874. The summed E-state index contributed by atoms with van der Waals surface area (Å²) in [6, 6.07) is 9.55. The predicted octanol–water partition coefficient (Wildman–Crippen LogP) is 2.62. The van der Waals surface area contributed by atoms with E-state index in [2.05, 4.69) is 19.9 Å². The normalized spacial score (nSPS) is 14.8. The van der Waals surface area contributed by atoms with Gasteiger partial charge >= 0.3 is 0 Å². The van der Waals surface area contributed by atoms with E-state index in [9.17, 15) is 13.2 Å². The fourth-order valence-corrected chi connectivity index (χ4v) is 4.09. The zero-order valence-corrected chi connectivity index (χ0v) is 16.1. The smallest absolute Gasteiger partial charge is 0.256 e. The Morgan fingerprint density at radius 3 is 2.37 bits per heavy atom. The van der Waals surface area contributed by atoms with E-state index in [1.807, 2.05) is 6.07 Å². The fourth-order valence-electron chi connectivity index (χ4n) is 3.05. The minimum Gasteiger partial charge on any atom is -0.370 e. The van der Waals surface area contributed by atoms with Gasteiger partial charge in [-0.2, -0.15) is 0 Å². The summed E-state index contributed by atoms with van der Waals surface area (Å²) in [5.74, 6) is 0.130. The second-order valence-corrected chi connectivity index (χ2v) is 8.20. The first-order valence-corrected chi connectivity index (χ1v) is 10.6. The number of sulfonamides is 1. The SMILES string of the molecule is CCNS(=O)(=O)c1ccc(C(=O)Nc2ccc(N3CCCCC3)cn2)cc1. The molecule has 3 rings (SSSR count). The number of anilines is 2. The molecule has 2 aromatic rings. The van der Waals surface area contributed by atoms with Gasteiger partial charge in [-0.05, 0) is 55.7 Å². The molecule has 144 valence electrons. The molecule has 0 saturated carbocycles. The molecule has 1 fully saturated rings. The highest BCUT2D eigenvalue weighted by Gasteiger charge is 2.15. The molecule has 7 nitrogen and oxygen atoms in total. The number of amides is 1. The van der Waals surface area contributed by atoms with Crippen LogP contribution >= 0.6 is 0 Å². The Balaban J connectivity index is 1.64. The number of pyridine rings is 1. The molecule has 1 aromatic carbocycles. The van der Waals surface area contributed by atoms with E-state index in [0.29, 0.717) is 17.9 Å². The Kier molecular flexibility index (Phi) is 6.08. The van der Waals surface area contributed by atoms with Gasteiger partial charge in [0.2, 0.25) is 10.0 Å². The first kappa shape index (κ1) is 19.3. The third-order valence-electron chi connectivity index (χ3n) is 4.47. The molecule has 0 unspecified atom stereocenters. The maximum atomic E-state index is 12.4. The standard InChI is InChI=1S/C19H24N4O3S/c1-2-21-27(25,26)17-9-6-15(7-10-17)19(24)22-18-11-8-16(14-20-18)23-12-4-3-5-13-23/h6-11,14,21H,2-5,12-13H2,1H3,(H,20,22,24). The van der Waals surface area contributed by atoms with Gasteiger partial charge in [0.25, 0.3) is 5.91 Å². The lowest BCUT2D eigenvalue weighted by atomic mass is 10.1. The van der Waals surface area contributed by atoms with E-state index in [1.54, 1.807) is 19.2 Å². The summed E-state index contributed by atoms with van der Waals surface area (Å²) >= 11 is 0. The molecule has 2 heterocycles. The van der Waals surface area contributed by atoms with E-state index in [-0.39, 0.29) is 10.8 Å². The van der Waals surface area contributed by atoms with Crippen molar-refractivity contribution in [3.05, 3.63) is 48.2 Å². The van der Waals surface area contributed by atoms with Gasteiger partial charge in [-0.1, -0.05) is 6.92 Å². The van der Waals surface area contributed by atoms with Crippen LogP contribution in [0.4, 0.5) is 11.5 Å². The second-order valence-electron chi connectivity index (χ2n) is 6.43. The molecule has 0 atom stereocenters. The molecular weight excluding hydrogens is 364 g/mol. The van der Waals surface area contributed by atoms with E-state index >= 15 is 0 Å². The molecule has 27 heavy (non-hydrogen) atoms. The van der Waals surface area contributed by atoms with Gasteiger partial charge in [0.05, 0.1) is 16.8 Å². The lowest BCUT2D eigenvalue weighted by Gasteiger charge is -2.28. The highest BCUT2D eigenvalue weighted by Crippen LogP contribution is 2.20. The van der Waals surface area contributed by atoms with Crippen molar-refractivity contribution >= 4 is 27.4 Å². The molecule has 1 aliphatic rings. The Hall–Kier alpha value is -2.45. The van der Waals surface area contributed by atoms with Crippen LogP contribution in [0.2, 0.25) is 0 Å². The van der Waals surface area contributed by atoms with E-state index in [0.717, 1.165) is 18.8 Å². The van der Waals surface area contributed by atoms with Crippen LogP contribution in [0.3, 0.4) is 0 Å². The first-order chi connectivity index (χ1) is 13.0. The van der Waals surface area contributed by atoms with Gasteiger partial charge in [0, 0.05) is 25.2 Å². The van der Waals surface area contributed by atoms with Crippen molar-refractivity contribution in [1.82, 2.24) is 9.71 Å². The molecule has 0 aliphatic carbocycles. The van der Waals surface area contributed by atoms with Crippen molar-refractivity contribution in [3.63, 3.8) is 0 Å². The van der Waals surface area contributed by atoms with Crippen molar-refractivity contribution in [3.8, 4) is 0 Å². The number of carbonyl (C=O) groups excluding carboxylic acids is 1. The third-order valence-corrected chi connectivity index (χ3v) is 6.03. The van der Waals surface area contributed by atoms with Crippen LogP contribution in [0.15, 0.2) is 47.5 Å². The van der Waals surface area contributed by atoms with Crippen LogP contribution in [-0.2, 0) is 10.0 Å². The minimum absolute atomic E-state index is 0.130. The average molecular weight is 388 g/mol. The zero-order chi connectivity index (χ0) is 19.3. The molecule has 2 N–H and O–H groups in total. The van der Waals surface area contributed by atoms with Crippen LogP contribution < -0.4 is 14.9 Å². The number of nitrogens with zero attached hydrogens (tertiary/aromatic N) is 2. The molecule has 0 bridgehead atoms. The molecular formula is C19H24N4O3S. The van der Waals surface area contributed by atoms with Gasteiger partial charge < -0.3 is 10.2 Å². The lowest BCUT2D eigenvalue weighted by molar-refractivity contribution is 0.102. The lowest BCUT2D eigenvalue weighted by Crippen LogP contribution is -2.29. The van der Waals surface area contributed by atoms with E-state index < -0.39 is 10.0 Å². The highest BCUT2D eigenvalue weighted by atomic mass is 32.2. The first-order valence-electron chi connectivity index (χ1n) is 9.11. The summed E-state index contributed by atoms with van der Waals surface area (Å²) in [5, 5.41) is 2.74. The minimum atomic E-state index is -3.53. The van der Waals surface area contributed by atoms with E-state index in [4.69, 9.17) is 0 Å². The molecule has 0 spiro atoms. The molecule has 1 saturated heterocycles. The molecule has 1 aliphatic heterocycles. The van der Waals surface area contributed by atoms with Gasteiger partial charge in [0.1, 0.15) is 5.82 Å². The number of nitrogens with one attached hydrogen (secondary N) is 2. The van der Waals surface area contributed by atoms with Crippen LogP contribution in [0.1, 0.15) is 36.5 Å². The monoisotopic (exact) mass is 388 g/mol. The summed E-state index contributed by atoms with van der Waals surface area (Å²) in [4.78, 5) is 19.1. The molecule has 1 aromatic heterocycles. The summed E-state index contributed by atoms with van der Waals surface area (Å²) in [6.45, 7) is 4.09. The Morgan fingerprint density at radius 2 is 1.78 bits per heavy atom.